The molecule has 0 saturated carbocycles. The van der Waals surface area contributed by atoms with Crippen molar-refractivity contribution in [2.45, 2.75) is 40.2 Å². The topological polar surface area (TPSA) is 53.7 Å². The molecule has 2 aromatic rings. The molecule has 1 atom stereocenters. The summed E-state index contributed by atoms with van der Waals surface area (Å²) in [5.41, 5.74) is 2.94. The zero-order valence-corrected chi connectivity index (χ0v) is 15.6. The smallest absolute Gasteiger partial charge is 0.193 e. The van der Waals surface area contributed by atoms with Crippen LogP contribution in [0, 0.1) is 19.7 Å². The fourth-order valence-electron chi connectivity index (χ4n) is 2.96. The summed E-state index contributed by atoms with van der Waals surface area (Å²) in [6.45, 7) is 10.0. The molecule has 2 rings (SSSR count). The van der Waals surface area contributed by atoms with E-state index in [9.17, 15) is 4.39 Å². The van der Waals surface area contributed by atoms with Gasteiger partial charge in [0.1, 0.15) is 11.6 Å². The van der Waals surface area contributed by atoms with Crippen molar-refractivity contribution >= 4 is 5.96 Å². The summed E-state index contributed by atoms with van der Waals surface area (Å²) in [6, 6.07) is 6.64. The van der Waals surface area contributed by atoms with Gasteiger partial charge in [-0.1, -0.05) is 24.2 Å². The lowest BCUT2D eigenvalue weighted by atomic mass is 10.00. The van der Waals surface area contributed by atoms with Crippen LogP contribution in [-0.2, 0) is 6.54 Å². The van der Waals surface area contributed by atoms with Crippen LogP contribution in [0.3, 0.4) is 0 Å². The van der Waals surface area contributed by atoms with Gasteiger partial charge in [-0.25, -0.2) is 4.39 Å². The molecule has 0 aliphatic carbocycles. The highest BCUT2D eigenvalue weighted by molar-refractivity contribution is 5.79. The Morgan fingerprint density at radius 1 is 1.40 bits per heavy atom. The summed E-state index contributed by atoms with van der Waals surface area (Å²) in [7, 11) is 1.95. The van der Waals surface area contributed by atoms with Crippen LogP contribution in [0.4, 0.5) is 4.39 Å². The Balaban J connectivity index is 2.09. The van der Waals surface area contributed by atoms with Crippen LogP contribution in [0.2, 0.25) is 0 Å². The molecule has 5 nitrogen and oxygen atoms in total. The lowest BCUT2D eigenvalue weighted by Crippen LogP contribution is -2.38. The summed E-state index contributed by atoms with van der Waals surface area (Å²) in [6.07, 6.45) is 0. The summed E-state index contributed by atoms with van der Waals surface area (Å²) < 4.78 is 18.6. The van der Waals surface area contributed by atoms with Crippen molar-refractivity contribution in [3.63, 3.8) is 0 Å². The van der Waals surface area contributed by atoms with Crippen molar-refractivity contribution in [1.82, 2.24) is 15.4 Å². The van der Waals surface area contributed by atoms with Crippen LogP contribution in [-0.4, -0.2) is 36.2 Å². The number of hydrogen-bond donors (Lipinski definition) is 1. The van der Waals surface area contributed by atoms with E-state index in [1.165, 1.54) is 6.07 Å². The van der Waals surface area contributed by atoms with Crippen LogP contribution in [0.15, 0.2) is 33.8 Å². The molecule has 0 saturated heterocycles. The molecule has 1 aromatic heterocycles. The van der Waals surface area contributed by atoms with Crippen LogP contribution < -0.4 is 5.32 Å². The van der Waals surface area contributed by atoms with Crippen LogP contribution in [0.25, 0.3) is 0 Å². The number of hydrogen-bond acceptors (Lipinski definition) is 3. The second-order valence-corrected chi connectivity index (χ2v) is 6.32. The van der Waals surface area contributed by atoms with Gasteiger partial charge in [-0.3, -0.25) is 4.99 Å². The van der Waals surface area contributed by atoms with Gasteiger partial charge >= 0.3 is 0 Å². The summed E-state index contributed by atoms with van der Waals surface area (Å²) >= 11 is 0. The van der Waals surface area contributed by atoms with Crippen LogP contribution in [0.1, 0.15) is 42.3 Å². The van der Waals surface area contributed by atoms with E-state index in [4.69, 9.17) is 9.52 Å². The molecular formula is C19H27FN4O. The molecule has 1 heterocycles. The zero-order chi connectivity index (χ0) is 18.4. The third-order valence-corrected chi connectivity index (χ3v) is 4.10. The maximum absolute atomic E-state index is 13.4. The summed E-state index contributed by atoms with van der Waals surface area (Å²) in [5, 5.41) is 7.31. The highest BCUT2D eigenvalue weighted by Gasteiger charge is 2.17. The third-order valence-electron chi connectivity index (χ3n) is 4.10. The van der Waals surface area contributed by atoms with Gasteiger partial charge in [-0.05, 0) is 38.5 Å². The maximum Gasteiger partial charge on any atom is 0.193 e. The van der Waals surface area contributed by atoms with Crippen LogP contribution >= 0.6 is 0 Å². The first kappa shape index (κ1) is 19.0. The Morgan fingerprint density at radius 3 is 2.76 bits per heavy atom. The van der Waals surface area contributed by atoms with Gasteiger partial charge in [0.05, 0.1) is 5.69 Å². The van der Waals surface area contributed by atoms with Gasteiger partial charge in [0, 0.05) is 38.2 Å². The first-order valence-corrected chi connectivity index (χ1v) is 8.59. The number of benzene rings is 1. The highest BCUT2D eigenvalue weighted by atomic mass is 19.1. The first-order valence-electron chi connectivity index (χ1n) is 8.59. The number of aromatic nitrogens is 1. The average molecular weight is 346 g/mol. The van der Waals surface area contributed by atoms with Gasteiger partial charge in [0.15, 0.2) is 5.96 Å². The molecule has 0 fully saturated rings. The lowest BCUT2D eigenvalue weighted by Gasteiger charge is -2.23. The van der Waals surface area contributed by atoms with E-state index < -0.39 is 0 Å². The number of guanidine groups is 1. The number of aryl methyl sites for hydroxylation is 2. The minimum atomic E-state index is -0.222. The molecule has 25 heavy (non-hydrogen) atoms. The van der Waals surface area contributed by atoms with Gasteiger partial charge in [0.2, 0.25) is 0 Å². The summed E-state index contributed by atoms with van der Waals surface area (Å²) in [4.78, 5) is 6.74. The maximum atomic E-state index is 13.4. The minimum Gasteiger partial charge on any atom is -0.361 e. The predicted molar refractivity (Wildman–Crippen MR) is 98.2 cm³/mol. The van der Waals surface area contributed by atoms with Crippen molar-refractivity contribution in [3.05, 3.63) is 52.7 Å². The fraction of sp³-hybridized carbons (Fsp3) is 0.474. The lowest BCUT2D eigenvalue weighted by molar-refractivity contribution is 0.391. The van der Waals surface area contributed by atoms with E-state index >= 15 is 0 Å². The second-order valence-electron chi connectivity index (χ2n) is 6.32. The molecule has 0 spiro atoms. The number of nitrogens with one attached hydrogen (secondary N) is 1. The Hall–Kier alpha value is -2.37. The van der Waals surface area contributed by atoms with Crippen molar-refractivity contribution in [1.29, 1.82) is 0 Å². The molecular weight excluding hydrogens is 319 g/mol. The first-order chi connectivity index (χ1) is 11.9. The Labute approximate surface area is 148 Å². The van der Waals surface area contributed by atoms with Crippen molar-refractivity contribution in [2.75, 3.05) is 20.1 Å². The Morgan fingerprint density at radius 2 is 2.16 bits per heavy atom. The monoisotopic (exact) mass is 346 g/mol. The summed E-state index contributed by atoms with van der Waals surface area (Å²) in [5.74, 6) is 1.63. The Kier molecular flexibility index (Phi) is 6.56. The van der Waals surface area contributed by atoms with Crippen molar-refractivity contribution < 1.29 is 8.91 Å². The van der Waals surface area contributed by atoms with E-state index in [-0.39, 0.29) is 11.7 Å². The van der Waals surface area contributed by atoms with E-state index in [1.807, 2.05) is 38.8 Å². The molecule has 1 N–H and O–H groups in total. The SMILES string of the molecule is CCNC(=NCC(C)c1c(C)noc1C)N(C)Cc1cccc(F)c1. The van der Waals surface area contributed by atoms with E-state index in [0.29, 0.717) is 13.1 Å². The minimum absolute atomic E-state index is 0.211. The molecule has 1 unspecified atom stereocenters. The molecule has 0 amide bonds. The standard InChI is InChI=1S/C19H27FN4O/c1-6-21-19(24(5)12-16-8-7-9-17(20)10-16)22-11-13(2)18-14(3)23-25-15(18)4/h7-10,13H,6,11-12H2,1-5H3,(H,21,22). The Bertz CT molecular complexity index is 706. The van der Waals surface area contributed by atoms with Gasteiger partial charge in [0.25, 0.3) is 0 Å². The quantitative estimate of drug-likeness (QED) is 0.641. The van der Waals surface area contributed by atoms with Gasteiger partial charge in [-0.15, -0.1) is 0 Å². The molecule has 136 valence electrons. The molecule has 1 aromatic carbocycles. The number of aliphatic imine (C=N–C) groups is 1. The van der Waals surface area contributed by atoms with Crippen molar-refractivity contribution in [3.8, 4) is 0 Å². The highest BCUT2D eigenvalue weighted by Crippen LogP contribution is 2.23. The van der Waals surface area contributed by atoms with Gasteiger partial charge in [-0.2, -0.15) is 0 Å². The second kappa shape index (κ2) is 8.65. The van der Waals surface area contributed by atoms with Crippen LogP contribution in [0.5, 0.6) is 0 Å². The number of rotatable bonds is 6. The predicted octanol–water partition coefficient (Wildman–Crippen LogP) is 3.63. The number of halogens is 1. The normalized spacial score (nSPS) is 13.0. The number of nitrogens with zero attached hydrogens (tertiary/aromatic N) is 3. The molecule has 6 heteroatoms. The van der Waals surface area contributed by atoms with E-state index in [1.54, 1.807) is 12.1 Å². The molecule has 0 radical (unpaired) electrons. The van der Waals surface area contributed by atoms with Crippen molar-refractivity contribution in [2.24, 2.45) is 4.99 Å². The molecule has 0 aliphatic heterocycles. The third kappa shape index (κ3) is 5.05. The average Bonchev–Trinajstić information content (AvgIpc) is 2.90. The van der Waals surface area contributed by atoms with E-state index in [2.05, 4.69) is 17.4 Å². The van der Waals surface area contributed by atoms with E-state index in [0.717, 1.165) is 35.1 Å². The van der Waals surface area contributed by atoms with Gasteiger partial charge < -0.3 is 14.7 Å². The fourth-order valence-corrected chi connectivity index (χ4v) is 2.96. The molecule has 0 bridgehead atoms. The molecule has 0 aliphatic rings. The zero-order valence-electron chi connectivity index (χ0n) is 15.6. The largest absolute Gasteiger partial charge is 0.361 e.